The van der Waals surface area contributed by atoms with Crippen LogP contribution in [0.25, 0.3) is 0 Å². The number of piperidine rings is 1. The lowest BCUT2D eigenvalue weighted by Gasteiger charge is -2.33. The standard InChI is InChI=1S/C16H31NO/c1-3-4-5-6-7-8-9-13-16(18)17-14-11-10-12-15(17)2/h15H,3-14H2,1-2H3/t15-/m1/s1. The van der Waals surface area contributed by atoms with E-state index in [1.165, 1.54) is 57.8 Å². The molecule has 18 heavy (non-hydrogen) atoms. The Labute approximate surface area is 113 Å². The average molecular weight is 253 g/mol. The second-order valence-corrected chi connectivity index (χ2v) is 5.80. The number of hydrogen-bond donors (Lipinski definition) is 0. The van der Waals surface area contributed by atoms with Gasteiger partial charge in [0.05, 0.1) is 0 Å². The molecule has 1 amide bonds. The van der Waals surface area contributed by atoms with Gasteiger partial charge in [0.25, 0.3) is 0 Å². The van der Waals surface area contributed by atoms with Crippen molar-refractivity contribution in [2.24, 2.45) is 0 Å². The van der Waals surface area contributed by atoms with Crippen LogP contribution < -0.4 is 0 Å². The lowest BCUT2D eigenvalue weighted by Crippen LogP contribution is -2.41. The third kappa shape index (κ3) is 5.88. The van der Waals surface area contributed by atoms with Crippen LogP contribution in [0.4, 0.5) is 0 Å². The van der Waals surface area contributed by atoms with Crippen molar-refractivity contribution in [1.29, 1.82) is 0 Å². The highest BCUT2D eigenvalue weighted by atomic mass is 16.2. The molecule has 0 saturated carbocycles. The van der Waals surface area contributed by atoms with Gasteiger partial charge in [-0.05, 0) is 32.6 Å². The van der Waals surface area contributed by atoms with E-state index in [1.807, 2.05) is 0 Å². The summed E-state index contributed by atoms with van der Waals surface area (Å²) in [4.78, 5) is 14.2. The van der Waals surface area contributed by atoms with E-state index in [4.69, 9.17) is 0 Å². The van der Waals surface area contributed by atoms with E-state index in [1.54, 1.807) is 0 Å². The Hall–Kier alpha value is -0.530. The van der Waals surface area contributed by atoms with Crippen LogP contribution in [0, 0.1) is 0 Å². The van der Waals surface area contributed by atoms with Crippen molar-refractivity contribution in [2.45, 2.75) is 90.5 Å². The fourth-order valence-corrected chi connectivity index (χ4v) is 2.85. The summed E-state index contributed by atoms with van der Waals surface area (Å²) in [6, 6.07) is 0.482. The fourth-order valence-electron chi connectivity index (χ4n) is 2.85. The molecular formula is C16H31NO. The zero-order chi connectivity index (χ0) is 13.2. The maximum Gasteiger partial charge on any atom is 0.222 e. The van der Waals surface area contributed by atoms with Gasteiger partial charge in [-0.15, -0.1) is 0 Å². The molecule has 0 radical (unpaired) electrons. The van der Waals surface area contributed by atoms with E-state index in [-0.39, 0.29) is 0 Å². The van der Waals surface area contributed by atoms with Crippen molar-refractivity contribution in [1.82, 2.24) is 4.90 Å². The molecule has 1 rings (SSSR count). The van der Waals surface area contributed by atoms with Gasteiger partial charge >= 0.3 is 0 Å². The van der Waals surface area contributed by atoms with Gasteiger partial charge in [0.2, 0.25) is 5.91 Å². The van der Waals surface area contributed by atoms with Crippen LogP contribution in [0.1, 0.15) is 84.5 Å². The van der Waals surface area contributed by atoms with Gasteiger partial charge in [0, 0.05) is 19.0 Å². The summed E-state index contributed by atoms with van der Waals surface area (Å²) in [5.41, 5.74) is 0. The zero-order valence-electron chi connectivity index (χ0n) is 12.4. The molecule has 1 heterocycles. The first-order valence-electron chi connectivity index (χ1n) is 8.05. The van der Waals surface area contributed by atoms with E-state index in [9.17, 15) is 4.79 Å². The van der Waals surface area contributed by atoms with Crippen molar-refractivity contribution < 1.29 is 4.79 Å². The Bertz CT molecular complexity index is 227. The normalized spacial score (nSPS) is 20.1. The third-order valence-electron chi connectivity index (χ3n) is 4.12. The first kappa shape index (κ1) is 15.5. The van der Waals surface area contributed by atoms with Crippen molar-refractivity contribution in [3.63, 3.8) is 0 Å². The summed E-state index contributed by atoms with van der Waals surface area (Å²) in [6.07, 6.45) is 13.5. The van der Waals surface area contributed by atoms with E-state index in [0.29, 0.717) is 11.9 Å². The van der Waals surface area contributed by atoms with Gasteiger partial charge < -0.3 is 4.90 Å². The summed E-state index contributed by atoms with van der Waals surface area (Å²) in [6.45, 7) is 5.44. The molecule has 0 bridgehead atoms. The Kier molecular flexibility index (Phi) is 8.11. The molecule has 0 spiro atoms. The molecule has 1 aliphatic heterocycles. The SMILES string of the molecule is CCCCCCCCCC(=O)N1CCCC[C@H]1C. The second-order valence-electron chi connectivity index (χ2n) is 5.80. The van der Waals surface area contributed by atoms with Crippen molar-refractivity contribution in [3.05, 3.63) is 0 Å². The monoisotopic (exact) mass is 253 g/mol. The molecule has 2 nitrogen and oxygen atoms in total. The van der Waals surface area contributed by atoms with Crippen molar-refractivity contribution >= 4 is 5.91 Å². The lowest BCUT2D eigenvalue weighted by atomic mass is 10.0. The quantitative estimate of drug-likeness (QED) is 0.582. The van der Waals surface area contributed by atoms with Gasteiger partial charge in [0.15, 0.2) is 0 Å². The highest BCUT2D eigenvalue weighted by molar-refractivity contribution is 5.76. The molecule has 0 aromatic heterocycles. The molecule has 0 N–H and O–H groups in total. The molecule has 106 valence electrons. The topological polar surface area (TPSA) is 20.3 Å². The number of unbranched alkanes of at least 4 members (excludes halogenated alkanes) is 6. The van der Waals surface area contributed by atoms with Gasteiger partial charge in [0.1, 0.15) is 0 Å². The molecule has 2 heteroatoms. The molecular weight excluding hydrogens is 222 g/mol. The Morgan fingerprint density at radius 1 is 1.06 bits per heavy atom. The van der Waals surface area contributed by atoms with Gasteiger partial charge in [-0.1, -0.05) is 45.4 Å². The van der Waals surface area contributed by atoms with Crippen molar-refractivity contribution in [3.8, 4) is 0 Å². The van der Waals surface area contributed by atoms with Crippen LogP contribution >= 0.6 is 0 Å². The molecule has 1 fully saturated rings. The number of carbonyl (C=O) groups is 1. The highest BCUT2D eigenvalue weighted by Gasteiger charge is 2.22. The van der Waals surface area contributed by atoms with E-state index in [0.717, 1.165) is 19.4 Å². The molecule has 1 saturated heterocycles. The predicted molar refractivity (Wildman–Crippen MR) is 77.6 cm³/mol. The fraction of sp³-hybridized carbons (Fsp3) is 0.938. The van der Waals surface area contributed by atoms with Crippen LogP contribution in [0.3, 0.4) is 0 Å². The summed E-state index contributed by atoms with van der Waals surface area (Å²) >= 11 is 0. The summed E-state index contributed by atoms with van der Waals surface area (Å²) < 4.78 is 0. The number of nitrogens with zero attached hydrogens (tertiary/aromatic N) is 1. The summed E-state index contributed by atoms with van der Waals surface area (Å²) in [7, 11) is 0. The molecule has 0 unspecified atom stereocenters. The van der Waals surface area contributed by atoms with E-state index >= 15 is 0 Å². The minimum atomic E-state index is 0.399. The first-order chi connectivity index (χ1) is 8.75. The maximum atomic E-state index is 12.1. The van der Waals surface area contributed by atoms with Crippen LogP contribution in [-0.2, 0) is 4.79 Å². The largest absolute Gasteiger partial charge is 0.340 e. The van der Waals surface area contributed by atoms with Crippen LogP contribution in [0.15, 0.2) is 0 Å². The van der Waals surface area contributed by atoms with Crippen LogP contribution in [-0.4, -0.2) is 23.4 Å². The van der Waals surface area contributed by atoms with Crippen LogP contribution in [0.2, 0.25) is 0 Å². The van der Waals surface area contributed by atoms with Gasteiger partial charge in [-0.2, -0.15) is 0 Å². The summed E-state index contributed by atoms with van der Waals surface area (Å²) in [5, 5.41) is 0. The molecule has 0 aromatic carbocycles. The molecule has 1 atom stereocenters. The Morgan fingerprint density at radius 3 is 2.39 bits per heavy atom. The first-order valence-corrected chi connectivity index (χ1v) is 8.05. The predicted octanol–water partition coefficient (Wildman–Crippen LogP) is 4.53. The second kappa shape index (κ2) is 9.41. The number of rotatable bonds is 8. The average Bonchev–Trinajstić information content (AvgIpc) is 2.38. The Balaban J connectivity index is 2.02. The number of likely N-dealkylation sites (tertiary alicyclic amines) is 1. The highest BCUT2D eigenvalue weighted by Crippen LogP contribution is 2.18. The van der Waals surface area contributed by atoms with Gasteiger partial charge in [-0.25, -0.2) is 0 Å². The minimum Gasteiger partial charge on any atom is -0.340 e. The van der Waals surface area contributed by atoms with Crippen molar-refractivity contribution in [2.75, 3.05) is 6.54 Å². The molecule has 0 aromatic rings. The van der Waals surface area contributed by atoms with E-state index in [2.05, 4.69) is 18.7 Å². The van der Waals surface area contributed by atoms with Crippen LogP contribution in [0.5, 0.6) is 0 Å². The lowest BCUT2D eigenvalue weighted by molar-refractivity contribution is -0.134. The molecule has 1 aliphatic rings. The number of amides is 1. The minimum absolute atomic E-state index is 0.399. The number of carbonyl (C=O) groups excluding carboxylic acids is 1. The van der Waals surface area contributed by atoms with Gasteiger partial charge in [-0.3, -0.25) is 4.79 Å². The van der Waals surface area contributed by atoms with E-state index < -0.39 is 0 Å². The summed E-state index contributed by atoms with van der Waals surface area (Å²) in [5.74, 6) is 0.399. The maximum absolute atomic E-state index is 12.1. The zero-order valence-corrected chi connectivity index (χ0v) is 12.4. The third-order valence-corrected chi connectivity index (χ3v) is 4.12. The molecule has 0 aliphatic carbocycles. The Morgan fingerprint density at radius 2 is 1.72 bits per heavy atom. The number of hydrogen-bond acceptors (Lipinski definition) is 1. The smallest absolute Gasteiger partial charge is 0.222 e.